The van der Waals surface area contributed by atoms with E-state index < -0.39 is 25.4 Å². The van der Waals surface area contributed by atoms with Gasteiger partial charge in [-0.15, -0.1) is 0 Å². The second kappa shape index (κ2) is 6.63. The first kappa shape index (κ1) is 15.6. The molecule has 0 fully saturated rings. The highest BCUT2D eigenvalue weighted by atomic mass is 19.4. The summed E-state index contributed by atoms with van der Waals surface area (Å²) in [6, 6.07) is 3.94. The van der Waals surface area contributed by atoms with E-state index >= 15 is 0 Å². The number of alkyl halides is 3. The van der Waals surface area contributed by atoms with Gasteiger partial charge >= 0.3 is 6.18 Å². The van der Waals surface area contributed by atoms with Gasteiger partial charge in [0.05, 0.1) is 33.4 Å². The molecule has 1 atom stereocenters. The fraction of sp³-hybridized carbons (Fsp3) is 0.500. The summed E-state index contributed by atoms with van der Waals surface area (Å²) in [7, 11) is 2.82. The van der Waals surface area contributed by atoms with Crippen molar-refractivity contribution in [3.05, 3.63) is 23.8 Å². The molecule has 19 heavy (non-hydrogen) atoms. The number of hydrogen-bond donors (Lipinski definition) is 2. The zero-order chi connectivity index (χ0) is 14.5. The van der Waals surface area contributed by atoms with E-state index in [2.05, 4.69) is 5.32 Å². The maximum atomic E-state index is 12.2. The minimum atomic E-state index is -4.35. The van der Waals surface area contributed by atoms with E-state index in [1.54, 1.807) is 18.2 Å². The summed E-state index contributed by atoms with van der Waals surface area (Å²) in [5, 5.41) is 11.5. The summed E-state index contributed by atoms with van der Waals surface area (Å²) in [6.07, 6.45) is -4.35. The van der Waals surface area contributed by atoms with Crippen LogP contribution in [0.1, 0.15) is 11.6 Å². The monoisotopic (exact) mass is 279 g/mol. The number of ether oxygens (including phenoxy) is 2. The minimum absolute atomic E-state index is 0.304. The van der Waals surface area contributed by atoms with E-state index in [4.69, 9.17) is 9.47 Å². The van der Waals surface area contributed by atoms with Crippen LogP contribution in [0.2, 0.25) is 0 Å². The number of halogens is 3. The van der Waals surface area contributed by atoms with Gasteiger partial charge in [0.15, 0.2) is 11.5 Å². The van der Waals surface area contributed by atoms with Crippen LogP contribution < -0.4 is 14.8 Å². The molecule has 1 unspecified atom stereocenters. The average molecular weight is 279 g/mol. The molecule has 2 N–H and O–H groups in total. The maximum absolute atomic E-state index is 12.2. The van der Waals surface area contributed by atoms with Crippen LogP contribution in [-0.2, 0) is 0 Å². The van der Waals surface area contributed by atoms with Crippen molar-refractivity contribution in [1.82, 2.24) is 5.32 Å². The number of aliphatic hydroxyl groups is 1. The van der Waals surface area contributed by atoms with Crippen LogP contribution in [0.25, 0.3) is 0 Å². The van der Waals surface area contributed by atoms with Gasteiger partial charge in [-0.05, 0) is 6.07 Å². The minimum Gasteiger partial charge on any atom is -0.493 e. The first-order valence-electron chi connectivity index (χ1n) is 5.54. The Balaban J connectivity index is 2.98. The Kier molecular flexibility index (Phi) is 5.44. The predicted octanol–water partition coefficient (Wildman–Crippen LogP) is 1.89. The van der Waals surface area contributed by atoms with Gasteiger partial charge in [-0.3, -0.25) is 5.32 Å². The number of nitrogens with one attached hydrogen (secondary N) is 1. The number of para-hydroxylation sites is 1. The lowest BCUT2D eigenvalue weighted by Gasteiger charge is -2.21. The molecule has 4 nitrogen and oxygen atoms in total. The molecule has 1 aromatic carbocycles. The summed E-state index contributed by atoms with van der Waals surface area (Å²) in [4.78, 5) is 0. The Morgan fingerprint density at radius 1 is 1.26 bits per heavy atom. The normalized spacial score (nSPS) is 13.2. The molecule has 1 rings (SSSR count). The van der Waals surface area contributed by atoms with E-state index in [9.17, 15) is 18.3 Å². The molecule has 0 heterocycles. The highest BCUT2D eigenvalue weighted by Gasteiger charge is 2.29. The van der Waals surface area contributed by atoms with Crippen molar-refractivity contribution in [3.8, 4) is 11.5 Å². The Morgan fingerprint density at radius 3 is 2.42 bits per heavy atom. The molecular weight excluding hydrogens is 263 g/mol. The number of benzene rings is 1. The third-order valence-corrected chi connectivity index (χ3v) is 2.54. The van der Waals surface area contributed by atoms with Crippen molar-refractivity contribution in [2.75, 3.05) is 27.4 Å². The Hall–Kier alpha value is -1.47. The van der Waals surface area contributed by atoms with E-state index in [0.29, 0.717) is 17.1 Å². The van der Waals surface area contributed by atoms with Crippen LogP contribution in [0.4, 0.5) is 13.2 Å². The summed E-state index contributed by atoms with van der Waals surface area (Å²) in [5.74, 6) is 0.700. The van der Waals surface area contributed by atoms with Gasteiger partial charge in [-0.1, -0.05) is 12.1 Å². The molecule has 0 saturated carbocycles. The summed E-state index contributed by atoms with van der Waals surface area (Å²) >= 11 is 0. The zero-order valence-electron chi connectivity index (χ0n) is 10.6. The molecule has 0 saturated heterocycles. The van der Waals surface area contributed by atoms with E-state index in [1.165, 1.54) is 14.2 Å². The average Bonchev–Trinajstić information content (AvgIpc) is 2.37. The number of aliphatic hydroxyl groups excluding tert-OH is 1. The summed E-state index contributed by atoms with van der Waals surface area (Å²) in [5.41, 5.74) is 0.411. The topological polar surface area (TPSA) is 50.7 Å². The van der Waals surface area contributed by atoms with Gasteiger partial charge in [0.25, 0.3) is 0 Å². The van der Waals surface area contributed by atoms with Crippen LogP contribution in [-0.4, -0.2) is 38.7 Å². The SMILES string of the molecule is COc1cccc(C(CO)NCC(F)(F)F)c1OC. The summed E-state index contributed by atoms with van der Waals surface area (Å²) < 4.78 is 46.8. The van der Waals surface area contributed by atoms with E-state index in [-0.39, 0.29) is 0 Å². The number of hydrogen-bond acceptors (Lipinski definition) is 4. The molecule has 0 aliphatic heterocycles. The van der Waals surface area contributed by atoms with Gasteiger partial charge in [-0.2, -0.15) is 13.2 Å². The van der Waals surface area contributed by atoms with Crippen LogP contribution >= 0.6 is 0 Å². The van der Waals surface area contributed by atoms with E-state index in [0.717, 1.165) is 0 Å². The van der Waals surface area contributed by atoms with Gasteiger partial charge in [0, 0.05) is 5.56 Å². The fourth-order valence-electron chi connectivity index (χ4n) is 1.70. The molecule has 0 aliphatic rings. The van der Waals surface area contributed by atoms with Crippen molar-refractivity contribution < 1.29 is 27.8 Å². The van der Waals surface area contributed by atoms with Crippen LogP contribution in [0, 0.1) is 0 Å². The highest BCUT2D eigenvalue weighted by Crippen LogP contribution is 2.34. The van der Waals surface area contributed by atoms with Crippen LogP contribution in [0.15, 0.2) is 18.2 Å². The lowest BCUT2D eigenvalue weighted by Crippen LogP contribution is -2.34. The molecule has 0 aliphatic carbocycles. The van der Waals surface area contributed by atoms with Crippen LogP contribution in [0.5, 0.6) is 11.5 Å². The van der Waals surface area contributed by atoms with Crippen molar-refractivity contribution in [3.63, 3.8) is 0 Å². The lowest BCUT2D eigenvalue weighted by molar-refractivity contribution is -0.126. The standard InChI is InChI=1S/C12H16F3NO3/c1-18-10-5-3-4-8(11(10)19-2)9(6-17)16-7-12(13,14)15/h3-5,9,16-17H,6-7H2,1-2H3. The third-order valence-electron chi connectivity index (χ3n) is 2.54. The molecular formula is C12H16F3NO3. The second-order valence-electron chi connectivity index (χ2n) is 3.81. The number of methoxy groups -OCH3 is 2. The Labute approximate surface area is 109 Å². The molecule has 1 aromatic rings. The van der Waals surface area contributed by atoms with Crippen molar-refractivity contribution >= 4 is 0 Å². The van der Waals surface area contributed by atoms with Crippen molar-refractivity contribution in [2.45, 2.75) is 12.2 Å². The molecule has 108 valence electrons. The molecule has 0 aromatic heterocycles. The Morgan fingerprint density at radius 2 is 1.95 bits per heavy atom. The largest absolute Gasteiger partial charge is 0.493 e. The highest BCUT2D eigenvalue weighted by molar-refractivity contribution is 5.48. The quantitative estimate of drug-likeness (QED) is 0.835. The zero-order valence-corrected chi connectivity index (χ0v) is 10.6. The molecule has 0 spiro atoms. The Bertz CT molecular complexity index is 410. The van der Waals surface area contributed by atoms with E-state index in [1.807, 2.05) is 0 Å². The molecule has 0 radical (unpaired) electrons. The molecule has 0 bridgehead atoms. The predicted molar refractivity (Wildman–Crippen MR) is 63.4 cm³/mol. The van der Waals surface area contributed by atoms with Crippen LogP contribution in [0.3, 0.4) is 0 Å². The van der Waals surface area contributed by atoms with Gasteiger partial charge in [-0.25, -0.2) is 0 Å². The smallest absolute Gasteiger partial charge is 0.401 e. The molecule has 7 heteroatoms. The lowest BCUT2D eigenvalue weighted by atomic mass is 10.1. The van der Waals surface area contributed by atoms with Gasteiger partial charge in [0.2, 0.25) is 0 Å². The molecule has 0 amide bonds. The first-order valence-corrected chi connectivity index (χ1v) is 5.54. The summed E-state index contributed by atoms with van der Waals surface area (Å²) in [6.45, 7) is -1.68. The first-order chi connectivity index (χ1) is 8.92. The van der Waals surface area contributed by atoms with Crippen molar-refractivity contribution in [1.29, 1.82) is 0 Å². The fourth-order valence-corrected chi connectivity index (χ4v) is 1.70. The third kappa shape index (κ3) is 4.29. The second-order valence-corrected chi connectivity index (χ2v) is 3.81. The maximum Gasteiger partial charge on any atom is 0.401 e. The van der Waals surface area contributed by atoms with Crippen molar-refractivity contribution in [2.24, 2.45) is 0 Å². The van der Waals surface area contributed by atoms with Gasteiger partial charge in [0.1, 0.15) is 0 Å². The van der Waals surface area contributed by atoms with Gasteiger partial charge < -0.3 is 14.6 Å². The number of rotatable bonds is 6.